The van der Waals surface area contributed by atoms with E-state index in [1.54, 1.807) is 0 Å². The van der Waals surface area contributed by atoms with Gasteiger partial charge in [-0.1, -0.05) is 0 Å². The van der Waals surface area contributed by atoms with Gasteiger partial charge in [-0.25, -0.2) is 9.59 Å². The number of benzene rings is 2. The van der Waals surface area contributed by atoms with E-state index in [0.717, 1.165) is 11.8 Å². The molecular weight excluding hydrogens is 372 g/mol. The third kappa shape index (κ3) is 4.26. The Bertz CT molecular complexity index is 941. The van der Waals surface area contributed by atoms with E-state index < -0.39 is 23.1 Å². The van der Waals surface area contributed by atoms with Gasteiger partial charge >= 0.3 is 11.9 Å². The van der Waals surface area contributed by atoms with Crippen molar-refractivity contribution in [2.75, 3.05) is 10.6 Å². The number of hydrogen-bond donors (Lipinski definition) is 4. The number of carbonyl (C=O) groups excluding carboxylic acids is 2. The van der Waals surface area contributed by atoms with E-state index in [4.69, 9.17) is 10.2 Å². The molecule has 2 aromatic rings. The summed E-state index contributed by atoms with van der Waals surface area (Å²) in [6.45, 7) is 0. The van der Waals surface area contributed by atoms with Gasteiger partial charge in [-0.2, -0.15) is 0 Å². The van der Waals surface area contributed by atoms with Crippen molar-refractivity contribution in [2.45, 2.75) is 16.6 Å². The first kappa shape index (κ1) is 18.5. The zero-order valence-electron chi connectivity index (χ0n) is 13.8. The number of amides is 2. The Balaban J connectivity index is 1.67. The summed E-state index contributed by atoms with van der Waals surface area (Å²) in [6, 6.07) is 10.0. The normalized spacial score (nSPS) is 15.4. The van der Waals surface area contributed by atoms with Gasteiger partial charge in [-0.15, -0.1) is 11.8 Å². The number of hydrogen-bond acceptors (Lipinski definition) is 5. The summed E-state index contributed by atoms with van der Waals surface area (Å²) in [5, 5.41) is 22.5. The highest BCUT2D eigenvalue weighted by Crippen LogP contribution is 2.37. The summed E-state index contributed by atoms with van der Waals surface area (Å²) in [5.41, 5.74) is 1.12. The Labute approximate surface area is 157 Å². The molecule has 1 heterocycles. The zero-order valence-corrected chi connectivity index (χ0v) is 14.6. The number of anilines is 2. The Hall–Kier alpha value is -3.33. The van der Waals surface area contributed by atoms with Crippen LogP contribution in [0.15, 0.2) is 47.4 Å². The molecule has 1 aliphatic rings. The summed E-state index contributed by atoms with van der Waals surface area (Å²) >= 11 is 1.13. The topological polar surface area (TPSA) is 133 Å². The number of carboxylic acid groups (broad SMARTS) is 2. The van der Waals surface area contributed by atoms with Crippen LogP contribution in [-0.2, 0) is 9.59 Å². The molecule has 1 atom stereocenters. The van der Waals surface area contributed by atoms with Gasteiger partial charge in [0.15, 0.2) is 0 Å². The average Bonchev–Trinajstić information content (AvgIpc) is 2.62. The van der Waals surface area contributed by atoms with Gasteiger partial charge in [0.2, 0.25) is 11.8 Å². The molecule has 0 aromatic heterocycles. The predicted octanol–water partition coefficient (Wildman–Crippen LogP) is 2.52. The van der Waals surface area contributed by atoms with Crippen molar-refractivity contribution in [3.8, 4) is 0 Å². The Morgan fingerprint density at radius 3 is 2.26 bits per heavy atom. The summed E-state index contributed by atoms with van der Waals surface area (Å²) in [7, 11) is 0. The largest absolute Gasteiger partial charge is 0.478 e. The van der Waals surface area contributed by atoms with Crippen molar-refractivity contribution < 1.29 is 29.4 Å². The predicted molar refractivity (Wildman–Crippen MR) is 98.3 cm³/mol. The molecule has 0 saturated heterocycles. The van der Waals surface area contributed by atoms with Crippen LogP contribution in [0.5, 0.6) is 0 Å². The smallest absolute Gasteiger partial charge is 0.335 e. The van der Waals surface area contributed by atoms with Crippen LogP contribution < -0.4 is 10.6 Å². The molecule has 0 spiro atoms. The second-order valence-corrected chi connectivity index (χ2v) is 6.99. The number of thioether (sulfide) groups is 1. The van der Waals surface area contributed by atoms with E-state index in [9.17, 15) is 19.2 Å². The van der Waals surface area contributed by atoms with E-state index in [2.05, 4.69) is 10.6 Å². The number of fused-ring (bicyclic) bond motifs is 1. The number of nitrogens with one attached hydrogen (secondary N) is 2. The zero-order chi connectivity index (χ0) is 19.6. The maximum absolute atomic E-state index is 12.2. The summed E-state index contributed by atoms with van der Waals surface area (Å²) in [5.74, 6) is -2.90. The molecule has 0 fully saturated rings. The first-order chi connectivity index (χ1) is 12.8. The molecule has 4 N–H and O–H groups in total. The monoisotopic (exact) mass is 386 g/mol. The molecule has 2 amide bonds. The standard InChI is InChI=1S/C18H14N2O6S/c21-15(19-11-4-1-9(2-5-11)17(23)24)8-14-16(22)20-12-6-3-10(18(25)26)7-13(12)27-14/h1-7,14H,8H2,(H,19,21)(H,20,22)(H,23,24)(H,25,26)/t14-/m1/s1. The number of carboxylic acids is 2. The van der Waals surface area contributed by atoms with Crippen molar-refractivity contribution in [3.63, 3.8) is 0 Å². The molecule has 8 nitrogen and oxygen atoms in total. The number of carbonyl (C=O) groups is 4. The van der Waals surface area contributed by atoms with E-state index >= 15 is 0 Å². The summed E-state index contributed by atoms with van der Waals surface area (Å²) < 4.78 is 0. The highest BCUT2D eigenvalue weighted by molar-refractivity contribution is 8.01. The van der Waals surface area contributed by atoms with Crippen LogP contribution in [-0.4, -0.2) is 39.2 Å². The Kier molecular flexibility index (Phi) is 5.13. The van der Waals surface area contributed by atoms with Gasteiger partial charge < -0.3 is 20.8 Å². The molecular formula is C18H14N2O6S. The van der Waals surface area contributed by atoms with E-state index in [-0.39, 0.29) is 23.5 Å². The molecule has 27 heavy (non-hydrogen) atoms. The molecule has 9 heteroatoms. The Morgan fingerprint density at radius 1 is 1.00 bits per heavy atom. The molecule has 0 radical (unpaired) electrons. The lowest BCUT2D eigenvalue weighted by Crippen LogP contribution is -2.32. The fourth-order valence-electron chi connectivity index (χ4n) is 2.49. The summed E-state index contributed by atoms with van der Waals surface area (Å²) in [6.07, 6.45) is -0.117. The van der Waals surface area contributed by atoms with Crippen molar-refractivity contribution in [1.82, 2.24) is 0 Å². The maximum atomic E-state index is 12.2. The minimum atomic E-state index is -1.07. The summed E-state index contributed by atoms with van der Waals surface area (Å²) in [4.78, 5) is 46.9. The van der Waals surface area contributed by atoms with Crippen LogP contribution in [0.4, 0.5) is 11.4 Å². The van der Waals surface area contributed by atoms with Crippen molar-refractivity contribution in [1.29, 1.82) is 0 Å². The molecule has 0 unspecified atom stereocenters. The molecule has 138 valence electrons. The molecule has 0 bridgehead atoms. The van der Waals surface area contributed by atoms with Crippen LogP contribution in [0, 0.1) is 0 Å². The van der Waals surface area contributed by atoms with Crippen LogP contribution in [0.25, 0.3) is 0 Å². The lowest BCUT2D eigenvalue weighted by Gasteiger charge is -2.24. The van der Waals surface area contributed by atoms with E-state index in [1.165, 1.54) is 42.5 Å². The molecule has 1 aliphatic heterocycles. The van der Waals surface area contributed by atoms with Crippen LogP contribution >= 0.6 is 11.8 Å². The van der Waals surface area contributed by atoms with Gasteiger partial charge in [0.1, 0.15) is 0 Å². The number of rotatable bonds is 5. The van der Waals surface area contributed by atoms with Crippen LogP contribution in [0.3, 0.4) is 0 Å². The average molecular weight is 386 g/mol. The maximum Gasteiger partial charge on any atom is 0.335 e. The third-order valence-corrected chi connectivity index (χ3v) is 5.09. The second-order valence-electron chi connectivity index (χ2n) is 5.75. The SMILES string of the molecule is O=C(C[C@H]1Sc2cc(C(=O)O)ccc2NC1=O)Nc1ccc(C(=O)O)cc1. The molecule has 2 aromatic carbocycles. The van der Waals surface area contributed by atoms with Crippen molar-refractivity contribution in [3.05, 3.63) is 53.6 Å². The quantitative estimate of drug-likeness (QED) is 0.620. The third-order valence-electron chi connectivity index (χ3n) is 3.83. The first-order valence-electron chi connectivity index (χ1n) is 7.81. The van der Waals surface area contributed by atoms with Crippen molar-refractivity contribution in [2.24, 2.45) is 0 Å². The van der Waals surface area contributed by atoms with Gasteiger partial charge in [0, 0.05) is 17.0 Å². The first-order valence-corrected chi connectivity index (χ1v) is 8.69. The fraction of sp³-hybridized carbons (Fsp3) is 0.111. The highest BCUT2D eigenvalue weighted by Gasteiger charge is 2.29. The minimum absolute atomic E-state index is 0.0964. The number of aromatic carboxylic acids is 2. The van der Waals surface area contributed by atoms with Gasteiger partial charge in [0.25, 0.3) is 0 Å². The van der Waals surface area contributed by atoms with Crippen LogP contribution in [0.2, 0.25) is 0 Å². The lowest BCUT2D eigenvalue weighted by atomic mass is 10.2. The Morgan fingerprint density at radius 2 is 1.63 bits per heavy atom. The van der Waals surface area contributed by atoms with Crippen molar-refractivity contribution >= 4 is 46.9 Å². The van der Waals surface area contributed by atoms with E-state index in [0.29, 0.717) is 16.3 Å². The second kappa shape index (κ2) is 7.50. The van der Waals surface area contributed by atoms with Gasteiger partial charge in [0.05, 0.1) is 22.1 Å². The molecule has 0 saturated carbocycles. The molecule has 0 aliphatic carbocycles. The lowest BCUT2D eigenvalue weighted by molar-refractivity contribution is -0.120. The fourth-order valence-corrected chi connectivity index (χ4v) is 3.64. The van der Waals surface area contributed by atoms with Gasteiger partial charge in [-0.05, 0) is 42.5 Å². The minimum Gasteiger partial charge on any atom is -0.478 e. The highest BCUT2D eigenvalue weighted by atomic mass is 32.2. The van der Waals surface area contributed by atoms with Gasteiger partial charge in [-0.3, -0.25) is 9.59 Å². The van der Waals surface area contributed by atoms with Crippen LogP contribution in [0.1, 0.15) is 27.1 Å². The molecule has 3 rings (SSSR count). The van der Waals surface area contributed by atoms with E-state index in [1.807, 2.05) is 0 Å².